The summed E-state index contributed by atoms with van der Waals surface area (Å²) in [6, 6.07) is 13.8. The lowest BCUT2D eigenvalue weighted by Gasteiger charge is -2.33. The predicted molar refractivity (Wildman–Crippen MR) is 82.4 cm³/mol. The Bertz CT molecular complexity index is 682. The van der Waals surface area contributed by atoms with Crippen LogP contribution in [0.3, 0.4) is 0 Å². The number of anilines is 3. The van der Waals surface area contributed by atoms with Crippen LogP contribution >= 0.6 is 0 Å². The number of rotatable bonds is 2. The van der Waals surface area contributed by atoms with E-state index in [-0.39, 0.29) is 5.91 Å². The minimum absolute atomic E-state index is 0.143. The Morgan fingerprint density at radius 2 is 1.90 bits per heavy atom. The summed E-state index contributed by atoms with van der Waals surface area (Å²) >= 11 is 0. The fraction of sp³-hybridized carbons (Fsp3) is 0.125. The lowest BCUT2D eigenvalue weighted by atomic mass is 10.1. The molecule has 1 amide bonds. The van der Waals surface area contributed by atoms with Gasteiger partial charge in [-0.1, -0.05) is 12.1 Å². The van der Waals surface area contributed by atoms with Gasteiger partial charge >= 0.3 is 0 Å². The number of nitrogens with zero attached hydrogens (tertiary/aromatic N) is 1. The molecule has 3 rings (SSSR count). The Balaban J connectivity index is 1.98. The third kappa shape index (κ3) is 2.45. The summed E-state index contributed by atoms with van der Waals surface area (Å²) in [6.45, 7) is 0.309. The van der Waals surface area contributed by atoms with E-state index < -0.39 is 6.04 Å². The van der Waals surface area contributed by atoms with Crippen LogP contribution in [0.2, 0.25) is 0 Å². The molecule has 106 valence electrons. The third-order valence-electron chi connectivity index (χ3n) is 3.48. The van der Waals surface area contributed by atoms with Crippen LogP contribution < -0.4 is 16.0 Å². The van der Waals surface area contributed by atoms with Gasteiger partial charge in [0.1, 0.15) is 12.3 Å². The summed E-state index contributed by atoms with van der Waals surface area (Å²) in [5.74, 6) is -0.143. The van der Waals surface area contributed by atoms with Crippen molar-refractivity contribution >= 4 is 29.3 Å². The van der Waals surface area contributed by atoms with E-state index in [1.807, 2.05) is 24.3 Å². The number of nitrogens with one attached hydrogen (secondary N) is 1. The molecule has 0 aliphatic carbocycles. The molecule has 2 aromatic rings. The Morgan fingerprint density at radius 1 is 1.19 bits per heavy atom. The summed E-state index contributed by atoms with van der Waals surface area (Å²) in [5.41, 5.74) is 8.36. The van der Waals surface area contributed by atoms with E-state index in [9.17, 15) is 9.59 Å². The van der Waals surface area contributed by atoms with Gasteiger partial charge in [-0.25, -0.2) is 0 Å². The topological polar surface area (TPSA) is 75.4 Å². The summed E-state index contributed by atoms with van der Waals surface area (Å²) in [7, 11) is 0. The van der Waals surface area contributed by atoms with E-state index in [1.165, 1.54) is 0 Å². The standard InChI is InChI=1S/C16H15N3O2/c17-12-7-5-11(6-8-12)16(21)19-9-13(10-20)18-14-3-1-2-4-15(14)19/h1-8,10,13,18H,9,17H2. The summed E-state index contributed by atoms with van der Waals surface area (Å²) in [5, 5.41) is 3.11. The van der Waals surface area contributed by atoms with Crippen LogP contribution in [0.25, 0.3) is 0 Å². The first-order chi connectivity index (χ1) is 10.2. The van der Waals surface area contributed by atoms with Gasteiger partial charge in [0.05, 0.1) is 17.9 Å². The van der Waals surface area contributed by atoms with Gasteiger partial charge in [-0.2, -0.15) is 0 Å². The van der Waals surface area contributed by atoms with Crippen molar-refractivity contribution in [3.63, 3.8) is 0 Å². The molecule has 0 aromatic heterocycles. The van der Waals surface area contributed by atoms with Gasteiger partial charge in [-0.15, -0.1) is 0 Å². The van der Waals surface area contributed by atoms with Crippen molar-refractivity contribution in [3.8, 4) is 0 Å². The van der Waals surface area contributed by atoms with Crippen LogP contribution in [0, 0.1) is 0 Å². The number of nitrogens with two attached hydrogens (primary N) is 1. The molecule has 5 nitrogen and oxygen atoms in total. The second-order valence-electron chi connectivity index (χ2n) is 4.94. The highest BCUT2D eigenvalue weighted by Crippen LogP contribution is 2.31. The number of hydrogen-bond acceptors (Lipinski definition) is 4. The smallest absolute Gasteiger partial charge is 0.258 e. The zero-order valence-corrected chi connectivity index (χ0v) is 11.3. The maximum absolute atomic E-state index is 12.7. The first-order valence-corrected chi connectivity index (χ1v) is 6.67. The average molecular weight is 281 g/mol. The molecule has 0 bridgehead atoms. The molecule has 1 unspecified atom stereocenters. The van der Waals surface area contributed by atoms with Crippen LogP contribution in [0.5, 0.6) is 0 Å². The van der Waals surface area contributed by atoms with Gasteiger partial charge in [-0.3, -0.25) is 4.79 Å². The van der Waals surface area contributed by atoms with Gasteiger partial charge in [0.15, 0.2) is 0 Å². The van der Waals surface area contributed by atoms with E-state index in [2.05, 4.69) is 5.32 Å². The second kappa shape index (κ2) is 5.28. The second-order valence-corrected chi connectivity index (χ2v) is 4.94. The molecular weight excluding hydrogens is 266 g/mol. The molecule has 21 heavy (non-hydrogen) atoms. The highest BCUT2D eigenvalue weighted by Gasteiger charge is 2.28. The quantitative estimate of drug-likeness (QED) is 0.651. The van der Waals surface area contributed by atoms with Crippen molar-refractivity contribution in [2.24, 2.45) is 0 Å². The van der Waals surface area contributed by atoms with E-state index in [0.717, 1.165) is 17.7 Å². The first-order valence-electron chi connectivity index (χ1n) is 6.67. The van der Waals surface area contributed by atoms with Gasteiger partial charge in [0.25, 0.3) is 5.91 Å². The number of benzene rings is 2. The van der Waals surface area contributed by atoms with Crippen molar-refractivity contribution in [1.82, 2.24) is 0 Å². The highest BCUT2D eigenvalue weighted by molar-refractivity contribution is 6.09. The fourth-order valence-corrected chi connectivity index (χ4v) is 2.42. The molecule has 2 aromatic carbocycles. The normalized spacial score (nSPS) is 16.8. The molecule has 1 aliphatic rings. The minimum Gasteiger partial charge on any atom is -0.399 e. The Hall–Kier alpha value is -2.82. The average Bonchev–Trinajstić information content (AvgIpc) is 2.53. The van der Waals surface area contributed by atoms with Gasteiger partial charge in [-0.05, 0) is 36.4 Å². The number of hydrogen-bond donors (Lipinski definition) is 2. The van der Waals surface area contributed by atoms with E-state index in [0.29, 0.717) is 17.8 Å². The summed E-state index contributed by atoms with van der Waals surface area (Å²) in [4.78, 5) is 25.4. The van der Waals surface area contributed by atoms with Gasteiger partial charge in [0, 0.05) is 11.3 Å². The molecule has 0 radical (unpaired) electrons. The maximum atomic E-state index is 12.7. The van der Waals surface area contributed by atoms with Crippen molar-refractivity contribution in [2.45, 2.75) is 6.04 Å². The molecule has 5 heteroatoms. The number of nitrogen functional groups attached to an aromatic ring is 1. The van der Waals surface area contributed by atoms with E-state index in [4.69, 9.17) is 5.73 Å². The van der Waals surface area contributed by atoms with Crippen LogP contribution in [0.15, 0.2) is 48.5 Å². The van der Waals surface area contributed by atoms with Crippen LogP contribution in [0.1, 0.15) is 10.4 Å². The number of aldehydes is 1. The van der Waals surface area contributed by atoms with Crippen LogP contribution in [-0.2, 0) is 4.79 Å². The Kier molecular flexibility index (Phi) is 3.31. The minimum atomic E-state index is -0.405. The molecule has 3 N–H and O–H groups in total. The van der Waals surface area contributed by atoms with Crippen molar-refractivity contribution in [2.75, 3.05) is 22.5 Å². The largest absolute Gasteiger partial charge is 0.399 e. The Morgan fingerprint density at radius 3 is 2.62 bits per heavy atom. The number of carbonyl (C=O) groups excluding carboxylic acids is 2. The van der Waals surface area contributed by atoms with Gasteiger partial charge in [0.2, 0.25) is 0 Å². The molecule has 0 saturated heterocycles. The number of carbonyl (C=O) groups is 2. The molecule has 1 atom stereocenters. The van der Waals surface area contributed by atoms with Crippen LogP contribution in [0.4, 0.5) is 17.1 Å². The summed E-state index contributed by atoms with van der Waals surface area (Å²) < 4.78 is 0. The number of para-hydroxylation sites is 2. The third-order valence-corrected chi connectivity index (χ3v) is 3.48. The summed E-state index contributed by atoms with van der Waals surface area (Å²) in [6.07, 6.45) is 0.819. The number of fused-ring (bicyclic) bond motifs is 1. The molecule has 0 fully saturated rings. The monoisotopic (exact) mass is 281 g/mol. The molecule has 0 spiro atoms. The van der Waals surface area contributed by atoms with Crippen molar-refractivity contribution < 1.29 is 9.59 Å². The van der Waals surface area contributed by atoms with E-state index in [1.54, 1.807) is 29.2 Å². The van der Waals surface area contributed by atoms with Crippen molar-refractivity contribution in [3.05, 3.63) is 54.1 Å². The van der Waals surface area contributed by atoms with Crippen molar-refractivity contribution in [1.29, 1.82) is 0 Å². The zero-order valence-electron chi connectivity index (χ0n) is 11.3. The fourth-order valence-electron chi connectivity index (χ4n) is 2.42. The lowest BCUT2D eigenvalue weighted by molar-refractivity contribution is -0.108. The molecular formula is C16H15N3O2. The molecule has 0 saturated carbocycles. The highest BCUT2D eigenvalue weighted by atomic mass is 16.2. The predicted octanol–water partition coefficient (Wildman–Crippen LogP) is 1.91. The molecule has 1 aliphatic heterocycles. The first kappa shape index (κ1) is 13.2. The van der Waals surface area contributed by atoms with E-state index >= 15 is 0 Å². The van der Waals surface area contributed by atoms with Crippen LogP contribution in [-0.4, -0.2) is 24.8 Å². The maximum Gasteiger partial charge on any atom is 0.258 e. The lowest BCUT2D eigenvalue weighted by Crippen LogP contribution is -2.45. The molecule has 1 heterocycles. The number of amides is 1. The van der Waals surface area contributed by atoms with Gasteiger partial charge < -0.3 is 20.7 Å². The Labute approximate surface area is 122 Å². The zero-order chi connectivity index (χ0) is 14.8. The SMILES string of the molecule is Nc1ccc(C(=O)N2CC(C=O)Nc3ccccc32)cc1.